The van der Waals surface area contributed by atoms with Crippen molar-refractivity contribution in [3.8, 4) is 0 Å². The number of rotatable bonds is 0. The van der Waals surface area contributed by atoms with Gasteiger partial charge in [0.1, 0.15) is 12.7 Å². The second-order valence-corrected chi connectivity index (χ2v) is 2.26. The summed E-state index contributed by atoms with van der Waals surface area (Å²) in [4.78, 5) is 10.5. The van der Waals surface area contributed by atoms with Crippen molar-refractivity contribution in [1.82, 2.24) is 0 Å². The molecular formula is C5H8O4. The molecule has 52 valence electrons. The van der Waals surface area contributed by atoms with Gasteiger partial charge < -0.3 is 14.9 Å². The van der Waals surface area contributed by atoms with Crippen molar-refractivity contribution in [2.75, 3.05) is 6.61 Å². The minimum atomic E-state index is -1.69. The summed E-state index contributed by atoms with van der Waals surface area (Å²) in [6.45, 7) is 1.12. The van der Waals surface area contributed by atoms with Crippen molar-refractivity contribution >= 4 is 5.97 Å². The Hall–Kier alpha value is -0.610. The Morgan fingerprint density at radius 1 is 1.89 bits per heavy atom. The summed E-state index contributed by atoms with van der Waals surface area (Å²) in [5.41, 5.74) is -1.69. The van der Waals surface area contributed by atoms with E-state index in [2.05, 4.69) is 4.74 Å². The maximum absolute atomic E-state index is 10.5. The molecule has 0 aromatic carbocycles. The topological polar surface area (TPSA) is 66.8 Å². The summed E-state index contributed by atoms with van der Waals surface area (Å²) in [6, 6.07) is 0. The van der Waals surface area contributed by atoms with Crippen LogP contribution < -0.4 is 0 Å². The zero-order chi connectivity index (χ0) is 7.07. The molecule has 4 heteroatoms. The molecule has 0 spiro atoms. The quantitative estimate of drug-likeness (QED) is 0.400. The number of aliphatic hydroxyl groups is 2. The minimum Gasteiger partial charge on any atom is -0.461 e. The Balaban J connectivity index is 2.78. The standard InChI is InChI=1S/C5H8O4/c1-5(8)3(6)2-9-4(5)7/h3,6,8H,2H2,1H3/t3-,5-/m1/s1. The number of cyclic esters (lactones) is 1. The fourth-order valence-corrected chi connectivity index (χ4v) is 0.599. The fraction of sp³-hybridized carbons (Fsp3) is 0.800. The van der Waals surface area contributed by atoms with Crippen LogP contribution in [0.2, 0.25) is 0 Å². The van der Waals surface area contributed by atoms with Gasteiger partial charge in [0, 0.05) is 0 Å². The van der Waals surface area contributed by atoms with Gasteiger partial charge in [-0.15, -0.1) is 0 Å². The molecule has 0 aromatic heterocycles. The third-order valence-corrected chi connectivity index (χ3v) is 1.43. The van der Waals surface area contributed by atoms with Crippen molar-refractivity contribution in [1.29, 1.82) is 0 Å². The Labute approximate surface area is 52.1 Å². The first-order valence-electron chi connectivity index (χ1n) is 2.63. The van der Waals surface area contributed by atoms with Crippen LogP contribution in [0.4, 0.5) is 0 Å². The minimum absolute atomic E-state index is 0.105. The number of carbonyl (C=O) groups excluding carboxylic acids is 1. The molecule has 0 bridgehead atoms. The van der Waals surface area contributed by atoms with Gasteiger partial charge in [-0.1, -0.05) is 0 Å². The SMILES string of the molecule is C[C@]1(O)C(=O)OC[C@H]1O. The Morgan fingerprint density at radius 3 is 2.56 bits per heavy atom. The maximum atomic E-state index is 10.5. The smallest absolute Gasteiger partial charge is 0.340 e. The largest absolute Gasteiger partial charge is 0.461 e. The molecule has 1 fully saturated rings. The van der Waals surface area contributed by atoms with Gasteiger partial charge in [-0.05, 0) is 6.92 Å². The predicted molar refractivity (Wildman–Crippen MR) is 27.6 cm³/mol. The molecule has 1 rings (SSSR count). The van der Waals surface area contributed by atoms with E-state index < -0.39 is 17.7 Å². The first-order valence-corrected chi connectivity index (χ1v) is 2.63. The zero-order valence-corrected chi connectivity index (χ0v) is 5.00. The molecule has 0 unspecified atom stereocenters. The van der Waals surface area contributed by atoms with Crippen LogP contribution in [0.25, 0.3) is 0 Å². The number of aliphatic hydroxyl groups excluding tert-OH is 1. The summed E-state index contributed by atoms with van der Waals surface area (Å²) in [6.07, 6.45) is -1.08. The lowest BCUT2D eigenvalue weighted by Crippen LogP contribution is -2.40. The average Bonchev–Trinajstić information content (AvgIpc) is 1.96. The molecule has 9 heavy (non-hydrogen) atoms. The third kappa shape index (κ3) is 0.799. The molecule has 1 aliphatic rings. The summed E-state index contributed by atoms with van der Waals surface area (Å²) >= 11 is 0. The normalized spacial score (nSPS) is 43.0. The number of carbonyl (C=O) groups is 1. The van der Waals surface area contributed by atoms with Crippen molar-refractivity contribution in [3.05, 3.63) is 0 Å². The Kier molecular flexibility index (Phi) is 1.22. The van der Waals surface area contributed by atoms with Gasteiger partial charge in [0.25, 0.3) is 0 Å². The average molecular weight is 132 g/mol. The van der Waals surface area contributed by atoms with Gasteiger partial charge in [-0.3, -0.25) is 0 Å². The molecule has 2 atom stereocenters. The number of ether oxygens (including phenoxy) is 1. The molecule has 0 radical (unpaired) electrons. The molecular weight excluding hydrogens is 124 g/mol. The highest BCUT2D eigenvalue weighted by Crippen LogP contribution is 2.18. The van der Waals surface area contributed by atoms with Crippen molar-refractivity contribution in [2.24, 2.45) is 0 Å². The summed E-state index contributed by atoms with van der Waals surface area (Å²) in [5.74, 6) is -0.755. The number of esters is 1. The van der Waals surface area contributed by atoms with Crippen molar-refractivity contribution in [2.45, 2.75) is 18.6 Å². The van der Waals surface area contributed by atoms with E-state index >= 15 is 0 Å². The van der Waals surface area contributed by atoms with Crippen LogP contribution in [-0.2, 0) is 9.53 Å². The number of hydrogen-bond acceptors (Lipinski definition) is 4. The lowest BCUT2D eigenvalue weighted by Gasteiger charge is -2.13. The monoisotopic (exact) mass is 132 g/mol. The van der Waals surface area contributed by atoms with E-state index in [0.717, 1.165) is 0 Å². The van der Waals surface area contributed by atoms with Crippen molar-refractivity contribution in [3.63, 3.8) is 0 Å². The van der Waals surface area contributed by atoms with Gasteiger partial charge in [0.05, 0.1) is 0 Å². The van der Waals surface area contributed by atoms with Crippen LogP contribution in [-0.4, -0.2) is 34.5 Å². The molecule has 1 aliphatic heterocycles. The van der Waals surface area contributed by atoms with E-state index in [9.17, 15) is 4.79 Å². The highest BCUT2D eigenvalue weighted by molar-refractivity contribution is 5.81. The lowest BCUT2D eigenvalue weighted by atomic mass is 10.0. The third-order valence-electron chi connectivity index (χ3n) is 1.43. The molecule has 0 amide bonds. The van der Waals surface area contributed by atoms with Crippen molar-refractivity contribution < 1.29 is 19.7 Å². The Morgan fingerprint density at radius 2 is 2.44 bits per heavy atom. The van der Waals surface area contributed by atoms with E-state index in [4.69, 9.17) is 10.2 Å². The molecule has 0 aromatic rings. The maximum Gasteiger partial charge on any atom is 0.340 e. The van der Waals surface area contributed by atoms with Gasteiger partial charge in [0.2, 0.25) is 0 Å². The van der Waals surface area contributed by atoms with E-state index in [-0.39, 0.29) is 6.61 Å². The summed E-state index contributed by atoms with van der Waals surface area (Å²) < 4.78 is 4.34. The van der Waals surface area contributed by atoms with Crippen LogP contribution in [0.5, 0.6) is 0 Å². The zero-order valence-electron chi connectivity index (χ0n) is 5.00. The number of hydrogen-bond donors (Lipinski definition) is 2. The first-order chi connectivity index (χ1) is 4.05. The van der Waals surface area contributed by atoms with Gasteiger partial charge in [0.15, 0.2) is 5.60 Å². The van der Waals surface area contributed by atoms with Crippen LogP contribution in [0, 0.1) is 0 Å². The highest BCUT2D eigenvalue weighted by Gasteiger charge is 2.46. The van der Waals surface area contributed by atoms with Gasteiger partial charge in [-0.25, -0.2) is 4.79 Å². The van der Waals surface area contributed by atoms with E-state index in [1.807, 2.05) is 0 Å². The summed E-state index contributed by atoms with van der Waals surface area (Å²) in [7, 11) is 0. The van der Waals surface area contributed by atoms with E-state index in [1.165, 1.54) is 6.92 Å². The van der Waals surface area contributed by atoms with E-state index in [0.29, 0.717) is 0 Å². The molecule has 1 heterocycles. The van der Waals surface area contributed by atoms with Crippen LogP contribution in [0.3, 0.4) is 0 Å². The highest BCUT2D eigenvalue weighted by atomic mass is 16.6. The van der Waals surface area contributed by atoms with E-state index in [1.54, 1.807) is 0 Å². The first kappa shape index (κ1) is 6.51. The van der Waals surface area contributed by atoms with Crippen LogP contribution in [0.1, 0.15) is 6.92 Å². The molecule has 4 nitrogen and oxygen atoms in total. The Bertz CT molecular complexity index is 140. The second kappa shape index (κ2) is 1.68. The van der Waals surface area contributed by atoms with Gasteiger partial charge >= 0.3 is 5.97 Å². The molecule has 0 aliphatic carbocycles. The lowest BCUT2D eigenvalue weighted by molar-refractivity contribution is -0.153. The van der Waals surface area contributed by atoms with Crippen LogP contribution >= 0.6 is 0 Å². The fourth-order valence-electron chi connectivity index (χ4n) is 0.599. The van der Waals surface area contributed by atoms with Gasteiger partial charge in [-0.2, -0.15) is 0 Å². The summed E-state index contributed by atoms with van der Waals surface area (Å²) in [5, 5.41) is 17.8. The molecule has 2 N–H and O–H groups in total. The molecule has 0 saturated carbocycles. The predicted octanol–water partition coefficient (Wildman–Crippen LogP) is -1.34. The van der Waals surface area contributed by atoms with Crippen LogP contribution in [0.15, 0.2) is 0 Å². The second-order valence-electron chi connectivity index (χ2n) is 2.26. The molecule has 1 saturated heterocycles.